The van der Waals surface area contributed by atoms with Crippen LogP contribution in [0.15, 0.2) is 18.2 Å². The molecule has 0 saturated carbocycles. The van der Waals surface area contributed by atoms with Crippen molar-refractivity contribution < 1.29 is 9.53 Å². The largest absolute Gasteiger partial charge is 0.495 e. The summed E-state index contributed by atoms with van der Waals surface area (Å²) in [5.41, 5.74) is 0.415. The molecule has 110 valence electrons. The third-order valence-corrected chi connectivity index (χ3v) is 4.79. The molecule has 1 aromatic carbocycles. The third kappa shape index (κ3) is 3.28. The lowest BCUT2D eigenvalue weighted by Gasteiger charge is -2.36. The van der Waals surface area contributed by atoms with Crippen molar-refractivity contribution in [3.63, 3.8) is 0 Å². The smallest absolute Gasteiger partial charge is 0.170 e. The monoisotopic (exact) mass is 407 g/mol. The van der Waals surface area contributed by atoms with Crippen LogP contribution in [0.25, 0.3) is 0 Å². The summed E-state index contributed by atoms with van der Waals surface area (Å²) < 4.78 is 6.20. The van der Waals surface area contributed by atoms with E-state index in [0.717, 1.165) is 36.8 Å². The molecule has 0 spiro atoms. The van der Waals surface area contributed by atoms with E-state index in [0.29, 0.717) is 16.3 Å². The van der Waals surface area contributed by atoms with Gasteiger partial charge in [0.1, 0.15) is 5.75 Å². The fraction of sp³-hybridized carbons (Fsp3) is 0.533. The summed E-state index contributed by atoms with van der Waals surface area (Å²) in [7, 11) is 1.57. The van der Waals surface area contributed by atoms with Crippen molar-refractivity contribution in [3.05, 3.63) is 28.8 Å². The first-order valence-corrected chi connectivity index (χ1v) is 8.68. The van der Waals surface area contributed by atoms with E-state index in [4.69, 9.17) is 16.3 Å². The Balaban J connectivity index is 2.31. The van der Waals surface area contributed by atoms with Crippen LogP contribution < -0.4 is 10.1 Å². The summed E-state index contributed by atoms with van der Waals surface area (Å²) in [6.07, 6.45) is 2.91. The average molecular weight is 408 g/mol. The molecular formula is C15H19ClINO2. The number of ketones is 1. The Morgan fingerprint density at radius 2 is 2.35 bits per heavy atom. The van der Waals surface area contributed by atoms with Gasteiger partial charge in [-0.25, -0.2) is 0 Å². The normalized spacial score (nSPS) is 22.6. The van der Waals surface area contributed by atoms with Crippen LogP contribution >= 0.6 is 34.2 Å². The summed E-state index contributed by atoms with van der Waals surface area (Å²) in [5, 5.41) is 3.91. The average Bonchev–Trinajstić information content (AvgIpc) is 2.48. The van der Waals surface area contributed by atoms with Crippen molar-refractivity contribution in [1.29, 1.82) is 0 Å². The molecule has 0 aliphatic carbocycles. The predicted octanol–water partition coefficient (Wildman–Crippen LogP) is 3.73. The SMILES string of the molecule is COc1cc(C(=O)C2(CCI)CCCNC2)ccc1Cl. The van der Waals surface area contributed by atoms with Gasteiger partial charge in [-0.05, 0) is 44.0 Å². The van der Waals surface area contributed by atoms with Crippen molar-refractivity contribution in [2.75, 3.05) is 24.6 Å². The lowest BCUT2D eigenvalue weighted by atomic mass is 9.73. The van der Waals surface area contributed by atoms with Gasteiger partial charge in [-0.15, -0.1) is 0 Å². The topological polar surface area (TPSA) is 38.3 Å². The number of carbonyl (C=O) groups excluding carboxylic acids is 1. The van der Waals surface area contributed by atoms with Crippen molar-refractivity contribution in [1.82, 2.24) is 5.32 Å². The van der Waals surface area contributed by atoms with Gasteiger partial charge in [0.2, 0.25) is 0 Å². The van der Waals surface area contributed by atoms with E-state index in [1.807, 2.05) is 0 Å². The standard InChI is InChI=1S/C15H19ClINO2/c1-20-13-9-11(3-4-12(13)16)14(19)15(6-7-17)5-2-8-18-10-15/h3-4,9,18H,2,5-8,10H2,1H3. The number of piperidine rings is 1. The number of halogens is 2. The maximum atomic E-state index is 12.9. The summed E-state index contributed by atoms with van der Waals surface area (Å²) >= 11 is 8.38. The summed E-state index contributed by atoms with van der Waals surface area (Å²) in [4.78, 5) is 12.9. The first-order valence-electron chi connectivity index (χ1n) is 6.78. The van der Waals surface area contributed by atoms with Crippen molar-refractivity contribution in [3.8, 4) is 5.75 Å². The fourth-order valence-electron chi connectivity index (χ4n) is 2.78. The molecule has 1 unspecified atom stereocenters. The lowest BCUT2D eigenvalue weighted by molar-refractivity contribution is 0.0734. The van der Waals surface area contributed by atoms with Gasteiger partial charge in [0.15, 0.2) is 5.78 Å². The number of alkyl halides is 1. The second-order valence-corrected chi connectivity index (χ2v) is 6.66. The molecule has 1 aromatic rings. The molecular weight excluding hydrogens is 389 g/mol. The highest BCUT2D eigenvalue weighted by atomic mass is 127. The van der Waals surface area contributed by atoms with E-state index in [1.165, 1.54) is 0 Å². The maximum Gasteiger partial charge on any atom is 0.170 e. The molecule has 1 heterocycles. The van der Waals surface area contributed by atoms with E-state index in [1.54, 1.807) is 25.3 Å². The number of rotatable bonds is 5. The Kier molecular flexibility index (Phi) is 5.69. The van der Waals surface area contributed by atoms with Gasteiger partial charge in [0, 0.05) is 22.0 Å². The minimum atomic E-state index is -0.279. The van der Waals surface area contributed by atoms with Crippen LogP contribution in [-0.2, 0) is 0 Å². The highest BCUT2D eigenvalue weighted by Crippen LogP contribution is 2.36. The van der Waals surface area contributed by atoms with E-state index < -0.39 is 0 Å². The van der Waals surface area contributed by atoms with Gasteiger partial charge in [0.05, 0.1) is 12.1 Å². The summed E-state index contributed by atoms with van der Waals surface area (Å²) in [5.74, 6) is 0.766. The van der Waals surface area contributed by atoms with Crippen LogP contribution in [-0.4, -0.2) is 30.4 Å². The molecule has 1 fully saturated rings. The van der Waals surface area contributed by atoms with Crippen molar-refractivity contribution in [2.45, 2.75) is 19.3 Å². The molecule has 1 aliphatic heterocycles. The number of benzene rings is 1. The minimum absolute atomic E-state index is 0.205. The molecule has 20 heavy (non-hydrogen) atoms. The molecule has 1 N–H and O–H groups in total. The minimum Gasteiger partial charge on any atom is -0.495 e. The molecule has 0 amide bonds. The number of nitrogens with one attached hydrogen (secondary N) is 1. The number of ether oxygens (including phenoxy) is 1. The molecule has 0 bridgehead atoms. The molecule has 1 aliphatic rings. The zero-order valence-corrected chi connectivity index (χ0v) is 14.5. The third-order valence-electron chi connectivity index (χ3n) is 3.94. The first kappa shape index (κ1) is 16.0. The van der Waals surface area contributed by atoms with E-state index in [9.17, 15) is 4.79 Å². The van der Waals surface area contributed by atoms with Gasteiger partial charge in [-0.1, -0.05) is 34.2 Å². The number of Topliss-reactive ketones (excluding diaryl/α,β-unsaturated/α-hetero) is 1. The van der Waals surface area contributed by atoms with E-state index in [2.05, 4.69) is 27.9 Å². The van der Waals surface area contributed by atoms with Gasteiger partial charge in [-0.2, -0.15) is 0 Å². The first-order chi connectivity index (χ1) is 9.63. The zero-order valence-electron chi connectivity index (χ0n) is 11.5. The molecule has 3 nitrogen and oxygen atoms in total. The summed E-state index contributed by atoms with van der Waals surface area (Å²) in [6, 6.07) is 5.30. The van der Waals surface area contributed by atoms with Crippen LogP contribution in [0.3, 0.4) is 0 Å². The molecule has 1 saturated heterocycles. The molecule has 2 rings (SSSR count). The molecule has 0 aromatic heterocycles. The van der Waals surface area contributed by atoms with Gasteiger partial charge < -0.3 is 10.1 Å². The maximum absolute atomic E-state index is 12.9. The van der Waals surface area contributed by atoms with Crippen molar-refractivity contribution in [2.24, 2.45) is 5.41 Å². The Labute approximate surface area is 138 Å². The van der Waals surface area contributed by atoms with Crippen LogP contribution in [0.4, 0.5) is 0 Å². The number of carbonyl (C=O) groups is 1. The molecule has 1 atom stereocenters. The summed E-state index contributed by atoms with van der Waals surface area (Å²) in [6.45, 7) is 1.76. The number of hydrogen-bond donors (Lipinski definition) is 1. The Morgan fingerprint density at radius 3 is 2.95 bits per heavy atom. The van der Waals surface area contributed by atoms with Crippen LogP contribution in [0.1, 0.15) is 29.6 Å². The van der Waals surface area contributed by atoms with Gasteiger partial charge in [0.25, 0.3) is 0 Å². The molecule has 5 heteroatoms. The molecule has 0 radical (unpaired) electrons. The Morgan fingerprint density at radius 1 is 1.55 bits per heavy atom. The van der Waals surface area contributed by atoms with Crippen LogP contribution in [0.2, 0.25) is 5.02 Å². The highest BCUT2D eigenvalue weighted by Gasteiger charge is 2.39. The van der Waals surface area contributed by atoms with Crippen LogP contribution in [0, 0.1) is 5.41 Å². The number of methoxy groups -OCH3 is 1. The Hall–Kier alpha value is -0.330. The van der Waals surface area contributed by atoms with E-state index >= 15 is 0 Å². The van der Waals surface area contributed by atoms with Crippen molar-refractivity contribution >= 4 is 40.0 Å². The van der Waals surface area contributed by atoms with Gasteiger partial charge >= 0.3 is 0 Å². The quantitative estimate of drug-likeness (QED) is 0.459. The highest BCUT2D eigenvalue weighted by molar-refractivity contribution is 14.1. The zero-order chi connectivity index (χ0) is 14.6. The van der Waals surface area contributed by atoms with Crippen LogP contribution in [0.5, 0.6) is 5.75 Å². The fourth-order valence-corrected chi connectivity index (χ4v) is 4.00. The predicted molar refractivity (Wildman–Crippen MR) is 90.4 cm³/mol. The van der Waals surface area contributed by atoms with E-state index in [-0.39, 0.29) is 11.2 Å². The van der Waals surface area contributed by atoms with Gasteiger partial charge in [-0.3, -0.25) is 4.79 Å². The number of hydrogen-bond acceptors (Lipinski definition) is 3. The lowest BCUT2D eigenvalue weighted by Crippen LogP contribution is -2.45. The Bertz CT molecular complexity index is 481. The second kappa shape index (κ2) is 7.09. The second-order valence-electron chi connectivity index (χ2n) is 5.18.